The van der Waals surface area contributed by atoms with E-state index in [2.05, 4.69) is 11.7 Å². The van der Waals surface area contributed by atoms with Crippen molar-refractivity contribution in [3.8, 4) is 0 Å². The quantitative estimate of drug-likeness (QED) is 0.668. The van der Waals surface area contributed by atoms with Gasteiger partial charge in [0.15, 0.2) is 5.71 Å². The average molecular weight is 331 g/mol. The summed E-state index contributed by atoms with van der Waals surface area (Å²) in [6, 6.07) is 8.92. The smallest absolute Gasteiger partial charge is 0.280 e. The van der Waals surface area contributed by atoms with E-state index in [1.165, 1.54) is 5.01 Å². The van der Waals surface area contributed by atoms with E-state index in [1.54, 1.807) is 43.4 Å². The van der Waals surface area contributed by atoms with Crippen molar-refractivity contribution in [1.82, 2.24) is 4.90 Å². The van der Waals surface area contributed by atoms with Crippen LogP contribution in [0.2, 0.25) is 0 Å². The maximum atomic E-state index is 12.7. The van der Waals surface area contributed by atoms with Crippen molar-refractivity contribution >= 4 is 23.2 Å². The molecule has 128 valence electrons. The lowest BCUT2D eigenvalue weighted by atomic mass is 10.1. The van der Waals surface area contributed by atoms with E-state index in [4.69, 9.17) is 9.47 Å². The van der Waals surface area contributed by atoms with Gasteiger partial charge in [0.25, 0.3) is 11.8 Å². The lowest BCUT2D eigenvalue weighted by Gasteiger charge is -2.21. The monoisotopic (exact) mass is 331 g/mol. The van der Waals surface area contributed by atoms with Gasteiger partial charge in [-0.3, -0.25) is 9.59 Å². The molecule has 0 fully saturated rings. The number of benzene rings is 1. The highest BCUT2D eigenvalue weighted by atomic mass is 16.5. The number of nitrogens with zero attached hydrogens (tertiary/aromatic N) is 3. The van der Waals surface area contributed by atoms with Crippen LogP contribution in [0.15, 0.2) is 47.6 Å². The Morgan fingerprint density at radius 3 is 2.29 bits per heavy atom. The van der Waals surface area contributed by atoms with Crippen LogP contribution in [0.1, 0.15) is 0 Å². The van der Waals surface area contributed by atoms with Crippen molar-refractivity contribution in [3.63, 3.8) is 0 Å². The first-order valence-corrected chi connectivity index (χ1v) is 7.54. The molecule has 1 aliphatic heterocycles. The first kappa shape index (κ1) is 17.8. The number of hydrogen-bond acceptors (Lipinski definition) is 5. The second-order valence-electron chi connectivity index (χ2n) is 5.16. The van der Waals surface area contributed by atoms with Crippen LogP contribution < -0.4 is 5.01 Å². The molecule has 2 amide bonds. The summed E-state index contributed by atoms with van der Waals surface area (Å²) in [6.45, 7) is 5.24. The number of carbonyl (C=O) groups excluding carboxylic acids is 2. The van der Waals surface area contributed by atoms with Crippen LogP contribution >= 0.6 is 0 Å². The summed E-state index contributed by atoms with van der Waals surface area (Å²) < 4.78 is 10.1. The molecule has 0 radical (unpaired) electrons. The number of anilines is 1. The molecule has 0 aromatic heterocycles. The summed E-state index contributed by atoms with van der Waals surface area (Å²) in [7, 11) is 3.12. The van der Waals surface area contributed by atoms with E-state index in [9.17, 15) is 9.59 Å². The average Bonchev–Trinajstić information content (AvgIpc) is 2.91. The van der Waals surface area contributed by atoms with Crippen LogP contribution in [-0.2, 0) is 19.1 Å². The molecule has 0 atom stereocenters. The van der Waals surface area contributed by atoms with Gasteiger partial charge in [-0.25, -0.2) is 0 Å². The van der Waals surface area contributed by atoms with E-state index in [-0.39, 0.29) is 17.2 Å². The highest BCUT2D eigenvalue weighted by Crippen LogP contribution is 2.23. The third-order valence-electron chi connectivity index (χ3n) is 3.56. The maximum Gasteiger partial charge on any atom is 0.280 e. The molecule has 2 rings (SSSR count). The molecule has 1 aliphatic rings. The summed E-state index contributed by atoms with van der Waals surface area (Å²) in [5.41, 5.74) is 0.728. The van der Waals surface area contributed by atoms with Gasteiger partial charge < -0.3 is 14.4 Å². The Bertz CT molecular complexity index is 634. The topological polar surface area (TPSA) is 71.4 Å². The van der Waals surface area contributed by atoms with Crippen molar-refractivity contribution in [2.24, 2.45) is 5.10 Å². The second kappa shape index (κ2) is 8.37. The fraction of sp³-hybridized carbons (Fsp3) is 0.353. The van der Waals surface area contributed by atoms with E-state index in [1.807, 2.05) is 6.07 Å². The zero-order chi connectivity index (χ0) is 17.5. The van der Waals surface area contributed by atoms with Gasteiger partial charge in [-0.05, 0) is 12.1 Å². The summed E-state index contributed by atoms with van der Waals surface area (Å²) >= 11 is 0. The fourth-order valence-corrected chi connectivity index (χ4v) is 2.22. The summed E-state index contributed by atoms with van der Waals surface area (Å²) in [6.07, 6.45) is 0. The Kier molecular flexibility index (Phi) is 6.22. The highest BCUT2D eigenvalue weighted by Gasteiger charge is 2.35. The predicted molar refractivity (Wildman–Crippen MR) is 90.8 cm³/mol. The minimum atomic E-state index is -0.400. The molecule has 1 aromatic carbocycles. The Hall–Kier alpha value is -2.51. The van der Waals surface area contributed by atoms with Gasteiger partial charge in [-0.1, -0.05) is 24.8 Å². The van der Waals surface area contributed by atoms with Gasteiger partial charge in [-0.15, -0.1) is 0 Å². The molecule has 7 nitrogen and oxygen atoms in total. The normalized spacial score (nSPS) is 14.1. The molecule has 24 heavy (non-hydrogen) atoms. The predicted octanol–water partition coefficient (Wildman–Crippen LogP) is 1.07. The number of hydrazone groups is 1. The summed E-state index contributed by atoms with van der Waals surface area (Å²) in [5.74, 6) is -0.760. The first-order chi connectivity index (χ1) is 11.6. The first-order valence-electron chi connectivity index (χ1n) is 7.54. The summed E-state index contributed by atoms with van der Waals surface area (Å²) in [4.78, 5) is 26.6. The Morgan fingerprint density at radius 2 is 1.75 bits per heavy atom. The largest absolute Gasteiger partial charge is 0.383 e. The van der Waals surface area contributed by atoms with Crippen molar-refractivity contribution < 1.29 is 19.1 Å². The molecule has 0 N–H and O–H groups in total. The molecular weight excluding hydrogens is 310 g/mol. The molecule has 0 saturated carbocycles. The zero-order valence-electron chi connectivity index (χ0n) is 13.9. The van der Waals surface area contributed by atoms with E-state index >= 15 is 0 Å². The molecule has 0 spiro atoms. The van der Waals surface area contributed by atoms with Crippen molar-refractivity contribution in [2.75, 3.05) is 45.5 Å². The number of para-hydroxylation sites is 1. The van der Waals surface area contributed by atoms with E-state index < -0.39 is 5.91 Å². The van der Waals surface area contributed by atoms with Crippen LogP contribution in [0.5, 0.6) is 0 Å². The lowest BCUT2D eigenvalue weighted by Crippen LogP contribution is -2.41. The van der Waals surface area contributed by atoms with Crippen LogP contribution in [0.4, 0.5) is 5.69 Å². The Morgan fingerprint density at radius 1 is 1.17 bits per heavy atom. The van der Waals surface area contributed by atoms with Crippen molar-refractivity contribution in [1.29, 1.82) is 0 Å². The third kappa shape index (κ3) is 3.87. The standard InChI is InChI=1S/C17H21N3O4/c1-13-15(17(22)19(9-11-23-2)10-12-24-3)18-20(16(13)21)14-7-5-4-6-8-14/h4-8H,1,9-12H2,2-3H3. The number of hydrogen-bond donors (Lipinski definition) is 0. The van der Waals surface area contributed by atoms with Gasteiger partial charge >= 0.3 is 0 Å². The van der Waals surface area contributed by atoms with Crippen LogP contribution in [0.25, 0.3) is 0 Å². The fourth-order valence-electron chi connectivity index (χ4n) is 2.22. The molecule has 7 heteroatoms. The van der Waals surface area contributed by atoms with E-state index in [0.29, 0.717) is 32.0 Å². The number of methoxy groups -OCH3 is 2. The molecule has 0 bridgehead atoms. The van der Waals surface area contributed by atoms with Gasteiger partial charge in [0.2, 0.25) is 0 Å². The number of ether oxygens (including phenoxy) is 2. The SMILES string of the molecule is C=C1C(=O)N(c2ccccc2)N=C1C(=O)N(CCOC)CCOC. The van der Waals surface area contributed by atoms with Gasteiger partial charge in [0.1, 0.15) is 0 Å². The van der Waals surface area contributed by atoms with Crippen LogP contribution in [0, 0.1) is 0 Å². The molecule has 0 saturated heterocycles. The third-order valence-corrected chi connectivity index (χ3v) is 3.56. The van der Waals surface area contributed by atoms with Gasteiger partial charge in [-0.2, -0.15) is 10.1 Å². The molecule has 1 aromatic rings. The maximum absolute atomic E-state index is 12.7. The Labute approximate surface area is 141 Å². The molecule has 0 aliphatic carbocycles. The van der Waals surface area contributed by atoms with E-state index in [0.717, 1.165) is 0 Å². The van der Waals surface area contributed by atoms with Gasteiger partial charge in [0.05, 0.1) is 24.5 Å². The number of rotatable bonds is 8. The molecular formula is C17H21N3O4. The molecule has 1 heterocycles. The lowest BCUT2D eigenvalue weighted by molar-refractivity contribution is -0.125. The Balaban J connectivity index is 2.22. The minimum absolute atomic E-state index is 0.0519. The van der Waals surface area contributed by atoms with Crippen molar-refractivity contribution in [3.05, 3.63) is 42.5 Å². The zero-order valence-corrected chi connectivity index (χ0v) is 13.9. The van der Waals surface area contributed by atoms with Crippen LogP contribution in [0.3, 0.4) is 0 Å². The second-order valence-corrected chi connectivity index (χ2v) is 5.16. The molecule has 0 unspecified atom stereocenters. The number of carbonyl (C=O) groups is 2. The van der Waals surface area contributed by atoms with Crippen molar-refractivity contribution in [2.45, 2.75) is 0 Å². The highest BCUT2D eigenvalue weighted by molar-refractivity contribution is 6.54. The minimum Gasteiger partial charge on any atom is -0.383 e. The summed E-state index contributed by atoms with van der Waals surface area (Å²) in [5, 5.41) is 5.38. The van der Waals surface area contributed by atoms with Crippen LogP contribution in [-0.4, -0.2) is 62.9 Å². The van der Waals surface area contributed by atoms with Gasteiger partial charge in [0, 0.05) is 27.3 Å². The number of amides is 2.